The molecule has 0 heterocycles. The fourth-order valence-corrected chi connectivity index (χ4v) is 2.97. The highest BCUT2D eigenvalue weighted by Gasteiger charge is 2.14. The third-order valence-corrected chi connectivity index (χ3v) is 4.94. The molecule has 1 aromatic carbocycles. The van der Waals surface area contributed by atoms with Gasteiger partial charge in [0.15, 0.2) is 0 Å². The number of carbonyl (C=O) groups is 1. The van der Waals surface area contributed by atoms with E-state index in [4.69, 9.17) is 0 Å². The molecule has 0 aliphatic rings. The Balaban J connectivity index is 2.46. The maximum atomic E-state index is 12.1. The van der Waals surface area contributed by atoms with Crippen LogP contribution in [0.3, 0.4) is 0 Å². The zero-order chi connectivity index (χ0) is 16.8. The molecular weight excluding hydrogens is 300 g/mol. The summed E-state index contributed by atoms with van der Waals surface area (Å²) in [7, 11) is -3.56. The van der Waals surface area contributed by atoms with E-state index >= 15 is 0 Å². The standard InChI is InChI=1S/C16H26N2O3S/c1-12(2)7-9-17-16(19)8-10-18-22(20,21)15-6-5-13(3)14(4)11-15/h5-6,11-12,18H,7-10H2,1-4H3,(H,17,19). The van der Waals surface area contributed by atoms with Gasteiger partial charge in [0.2, 0.25) is 15.9 Å². The third kappa shape index (κ3) is 6.15. The predicted molar refractivity (Wildman–Crippen MR) is 88.2 cm³/mol. The van der Waals surface area contributed by atoms with Crippen molar-refractivity contribution in [2.75, 3.05) is 13.1 Å². The van der Waals surface area contributed by atoms with Crippen molar-refractivity contribution in [2.45, 2.75) is 45.4 Å². The zero-order valence-electron chi connectivity index (χ0n) is 13.8. The van der Waals surface area contributed by atoms with Gasteiger partial charge in [0.05, 0.1) is 4.90 Å². The SMILES string of the molecule is Cc1ccc(S(=O)(=O)NCCC(=O)NCCC(C)C)cc1C. The van der Waals surface area contributed by atoms with Crippen LogP contribution >= 0.6 is 0 Å². The number of amides is 1. The van der Waals surface area contributed by atoms with E-state index in [0.29, 0.717) is 12.5 Å². The molecule has 0 radical (unpaired) electrons. The van der Waals surface area contributed by atoms with Crippen LogP contribution in [0.4, 0.5) is 0 Å². The first kappa shape index (κ1) is 18.6. The van der Waals surface area contributed by atoms with Gasteiger partial charge in [0, 0.05) is 19.5 Å². The number of aryl methyl sites for hydroxylation is 2. The quantitative estimate of drug-likeness (QED) is 0.768. The molecule has 1 rings (SSSR count). The van der Waals surface area contributed by atoms with Gasteiger partial charge in [0.25, 0.3) is 0 Å². The van der Waals surface area contributed by atoms with Gasteiger partial charge >= 0.3 is 0 Å². The molecule has 124 valence electrons. The first-order valence-electron chi connectivity index (χ1n) is 7.56. The van der Waals surface area contributed by atoms with Crippen LogP contribution in [0.1, 0.15) is 37.8 Å². The molecule has 2 N–H and O–H groups in total. The Hall–Kier alpha value is -1.40. The van der Waals surface area contributed by atoms with Gasteiger partial charge in [-0.15, -0.1) is 0 Å². The van der Waals surface area contributed by atoms with Gasteiger partial charge in [-0.2, -0.15) is 0 Å². The van der Waals surface area contributed by atoms with Crippen LogP contribution in [0.5, 0.6) is 0 Å². The summed E-state index contributed by atoms with van der Waals surface area (Å²) in [6, 6.07) is 5.00. The van der Waals surface area contributed by atoms with Crippen molar-refractivity contribution >= 4 is 15.9 Å². The Morgan fingerprint density at radius 1 is 1.14 bits per heavy atom. The van der Waals surface area contributed by atoms with Crippen molar-refractivity contribution in [3.63, 3.8) is 0 Å². The summed E-state index contributed by atoms with van der Waals surface area (Å²) in [5.74, 6) is 0.395. The minimum Gasteiger partial charge on any atom is -0.356 e. The summed E-state index contributed by atoms with van der Waals surface area (Å²) in [5.41, 5.74) is 1.97. The van der Waals surface area contributed by atoms with E-state index in [0.717, 1.165) is 17.5 Å². The van der Waals surface area contributed by atoms with E-state index in [1.807, 2.05) is 13.8 Å². The van der Waals surface area contributed by atoms with Crippen molar-refractivity contribution in [1.82, 2.24) is 10.0 Å². The second-order valence-electron chi connectivity index (χ2n) is 5.93. The van der Waals surface area contributed by atoms with Crippen molar-refractivity contribution < 1.29 is 13.2 Å². The molecule has 6 heteroatoms. The van der Waals surface area contributed by atoms with E-state index in [1.54, 1.807) is 18.2 Å². The van der Waals surface area contributed by atoms with Crippen molar-refractivity contribution in [3.8, 4) is 0 Å². The predicted octanol–water partition coefficient (Wildman–Crippen LogP) is 2.13. The second-order valence-corrected chi connectivity index (χ2v) is 7.69. The normalized spacial score (nSPS) is 11.7. The molecule has 0 spiro atoms. The Bertz CT molecular complexity index is 610. The third-order valence-electron chi connectivity index (χ3n) is 3.48. The first-order valence-corrected chi connectivity index (χ1v) is 9.04. The summed E-state index contributed by atoms with van der Waals surface area (Å²) >= 11 is 0. The number of benzene rings is 1. The molecule has 0 aliphatic heterocycles. The molecule has 0 saturated heterocycles. The smallest absolute Gasteiger partial charge is 0.240 e. The first-order chi connectivity index (χ1) is 10.2. The minimum absolute atomic E-state index is 0.1000. The molecule has 0 aromatic heterocycles. The Morgan fingerprint density at radius 3 is 2.41 bits per heavy atom. The average molecular weight is 326 g/mol. The molecule has 0 bridgehead atoms. The van der Waals surface area contributed by atoms with E-state index < -0.39 is 10.0 Å². The Kier molecular flexibility index (Phi) is 7.03. The van der Waals surface area contributed by atoms with Crippen LogP contribution in [-0.2, 0) is 14.8 Å². The fraction of sp³-hybridized carbons (Fsp3) is 0.562. The summed E-state index contributed by atoms with van der Waals surface area (Å²) < 4.78 is 26.7. The van der Waals surface area contributed by atoms with Crippen LogP contribution in [0, 0.1) is 19.8 Å². The summed E-state index contributed by atoms with van der Waals surface area (Å²) in [6.07, 6.45) is 1.06. The highest BCUT2D eigenvalue weighted by atomic mass is 32.2. The molecule has 1 amide bonds. The molecule has 0 saturated carbocycles. The van der Waals surface area contributed by atoms with Gasteiger partial charge < -0.3 is 5.32 Å². The van der Waals surface area contributed by atoms with Gasteiger partial charge in [-0.05, 0) is 49.4 Å². The maximum Gasteiger partial charge on any atom is 0.240 e. The molecule has 0 unspecified atom stereocenters. The van der Waals surface area contributed by atoms with Crippen molar-refractivity contribution in [1.29, 1.82) is 0 Å². The lowest BCUT2D eigenvalue weighted by molar-refractivity contribution is -0.120. The molecular formula is C16H26N2O3S. The van der Waals surface area contributed by atoms with Gasteiger partial charge in [-0.1, -0.05) is 19.9 Å². The van der Waals surface area contributed by atoms with Crippen LogP contribution in [-0.4, -0.2) is 27.4 Å². The lowest BCUT2D eigenvalue weighted by Crippen LogP contribution is -2.31. The van der Waals surface area contributed by atoms with E-state index in [2.05, 4.69) is 23.9 Å². The molecule has 22 heavy (non-hydrogen) atoms. The van der Waals surface area contributed by atoms with Gasteiger partial charge in [-0.25, -0.2) is 13.1 Å². The van der Waals surface area contributed by atoms with E-state index in [9.17, 15) is 13.2 Å². The highest BCUT2D eigenvalue weighted by Crippen LogP contribution is 2.14. The molecule has 1 aromatic rings. The highest BCUT2D eigenvalue weighted by molar-refractivity contribution is 7.89. The number of hydrogen-bond donors (Lipinski definition) is 2. The zero-order valence-corrected chi connectivity index (χ0v) is 14.6. The van der Waals surface area contributed by atoms with Gasteiger partial charge in [-0.3, -0.25) is 4.79 Å². The lowest BCUT2D eigenvalue weighted by Gasteiger charge is -2.09. The molecule has 5 nitrogen and oxygen atoms in total. The number of rotatable bonds is 8. The maximum absolute atomic E-state index is 12.1. The largest absolute Gasteiger partial charge is 0.356 e. The van der Waals surface area contributed by atoms with Crippen LogP contribution in [0.25, 0.3) is 0 Å². The number of hydrogen-bond acceptors (Lipinski definition) is 3. The molecule has 0 aliphatic carbocycles. The average Bonchev–Trinajstić information content (AvgIpc) is 2.41. The van der Waals surface area contributed by atoms with E-state index in [-0.39, 0.29) is 23.8 Å². The minimum atomic E-state index is -3.56. The van der Waals surface area contributed by atoms with Crippen LogP contribution in [0.2, 0.25) is 0 Å². The van der Waals surface area contributed by atoms with Gasteiger partial charge in [0.1, 0.15) is 0 Å². The van der Waals surface area contributed by atoms with Crippen molar-refractivity contribution in [2.24, 2.45) is 5.92 Å². The van der Waals surface area contributed by atoms with Crippen molar-refractivity contribution in [3.05, 3.63) is 29.3 Å². The number of carbonyl (C=O) groups excluding carboxylic acids is 1. The summed E-state index contributed by atoms with van der Waals surface area (Å²) in [4.78, 5) is 11.8. The molecule has 0 fully saturated rings. The Labute approximate surface area is 133 Å². The number of sulfonamides is 1. The van der Waals surface area contributed by atoms with Crippen LogP contribution in [0.15, 0.2) is 23.1 Å². The second kappa shape index (κ2) is 8.29. The summed E-state index contributed by atoms with van der Waals surface area (Å²) in [5, 5.41) is 2.78. The topological polar surface area (TPSA) is 75.3 Å². The Morgan fingerprint density at radius 2 is 1.82 bits per heavy atom. The van der Waals surface area contributed by atoms with E-state index in [1.165, 1.54) is 0 Å². The van der Waals surface area contributed by atoms with Crippen LogP contribution < -0.4 is 10.0 Å². The lowest BCUT2D eigenvalue weighted by atomic mass is 10.1. The summed E-state index contributed by atoms with van der Waals surface area (Å²) in [6.45, 7) is 8.70. The molecule has 0 atom stereocenters. The monoisotopic (exact) mass is 326 g/mol. The fourth-order valence-electron chi connectivity index (χ4n) is 1.85. The number of nitrogens with one attached hydrogen (secondary N) is 2.